The molecule has 0 aromatic heterocycles. The standard InChI is InChI=1S/C20H26N2O3/c1-14-4-2-3-5-18(14)25-17-8-10-21(11-9-17)20(24)15-12-19(23)22(13-15)16-6-7-16/h2-5,15-17H,6-13H2,1H3/t15-/m0/s1. The third-order valence-electron chi connectivity index (χ3n) is 5.64. The molecule has 2 amide bonds. The first kappa shape index (κ1) is 16.4. The topological polar surface area (TPSA) is 49.9 Å². The van der Waals surface area contributed by atoms with Crippen molar-refractivity contribution in [2.45, 2.75) is 51.2 Å². The van der Waals surface area contributed by atoms with Gasteiger partial charge in [-0.1, -0.05) is 18.2 Å². The first-order chi connectivity index (χ1) is 12.1. The molecule has 0 spiro atoms. The van der Waals surface area contributed by atoms with Crippen molar-refractivity contribution in [3.63, 3.8) is 0 Å². The number of benzene rings is 1. The Morgan fingerprint density at radius 3 is 2.52 bits per heavy atom. The van der Waals surface area contributed by atoms with Crippen molar-refractivity contribution >= 4 is 11.8 Å². The molecule has 1 saturated carbocycles. The highest BCUT2D eigenvalue weighted by Crippen LogP contribution is 2.33. The number of hydrogen-bond acceptors (Lipinski definition) is 3. The predicted molar refractivity (Wildman–Crippen MR) is 94.3 cm³/mol. The smallest absolute Gasteiger partial charge is 0.227 e. The van der Waals surface area contributed by atoms with Crippen LogP contribution in [0.4, 0.5) is 0 Å². The van der Waals surface area contributed by atoms with Gasteiger partial charge in [0.1, 0.15) is 11.9 Å². The van der Waals surface area contributed by atoms with Gasteiger partial charge in [-0.05, 0) is 31.4 Å². The summed E-state index contributed by atoms with van der Waals surface area (Å²) < 4.78 is 6.11. The maximum atomic E-state index is 12.8. The van der Waals surface area contributed by atoms with Crippen LogP contribution in [-0.4, -0.2) is 53.4 Å². The van der Waals surface area contributed by atoms with Crippen LogP contribution in [0, 0.1) is 12.8 Å². The van der Waals surface area contributed by atoms with E-state index in [9.17, 15) is 9.59 Å². The molecule has 4 rings (SSSR count). The van der Waals surface area contributed by atoms with Crippen molar-refractivity contribution < 1.29 is 14.3 Å². The van der Waals surface area contributed by atoms with Crippen molar-refractivity contribution in [1.29, 1.82) is 0 Å². The lowest BCUT2D eigenvalue weighted by atomic mass is 10.0. The van der Waals surface area contributed by atoms with Gasteiger partial charge in [-0.3, -0.25) is 9.59 Å². The second kappa shape index (κ2) is 6.70. The quantitative estimate of drug-likeness (QED) is 0.844. The number of aryl methyl sites for hydroxylation is 1. The molecule has 134 valence electrons. The fraction of sp³-hybridized carbons (Fsp3) is 0.600. The number of amides is 2. The second-order valence-electron chi connectivity index (χ2n) is 7.59. The maximum absolute atomic E-state index is 12.8. The van der Waals surface area contributed by atoms with E-state index in [1.165, 1.54) is 0 Å². The number of carbonyl (C=O) groups is 2. The van der Waals surface area contributed by atoms with E-state index in [1.54, 1.807) is 0 Å². The summed E-state index contributed by atoms with van der Waals surface area (Å²) in [5.41, 5.74) is 1.14. The van der Waals surface area contributed by atoms with Crippen LogP contribution in [-0.2, 0) is 9.59 Å². The van der Waals surface area contributed by atoms with Crippen LogP contribution in [0.25, 0.3) is 0 Å². The Morgan fingerprint density at radius 1 is 1.12 bits per heavy atom. The normalized spacial score (nSPS) is 24.7. The number of rotatable bonds is 4. The predicted octanol–water partition coefficient (Wildman–Crippen LogP) is 2.38. The molecule has 25 heavy (non-hydrogen) atoms. The van der Waals surface area contributed by atoms with Gasteiger partial charge >= 0.3 is 0 Å². The third kappa shape index (κ3) is 3.51. The average molecular weight is 342 g/mol. The van der Waals surface area contributed by atoms with Crippen LogP contribution in [0.1, 0.15) is 37.7 Å². The molecule has 5 nitrogen and oxygen atoms in total. The van der Waals surface area contributed by atoms with E-state index < -0.39 is 0 Å². The van der Waals surface area contributed by atoms with Crippen molar-refractivity contribution in [2.75, 3.05) is 19.6 Å². The fourth-order valence-electron chi connectivity index (χ4n) is 3.96. The average Bonchev–Trinajstić information content (AvgIpc) is 3.39. The number of carbonyl (C=O) groups excluding carboxylic acids is 2. The summed E-state index contributed by atoms with van der Waals surface area (Å²) in [5.74, 6) is 1.13. The van der Waals surface area contributed by atoms with E-state index in [0.29, 0.717) is 19.0 Å². The van der Waals surface area contributed by atoms with Gasteiger partial charge < -0.3 is 14.5 Å². The first-order valence-corrected chi connectivity index (χ1v) is 9.42. The van der Waals surface area contributed by atoms with Gasteiger partial charge in [-0.25, -0.2) is 0 Å². The molecule has 3 fully saturated rings. The molecular formula is C20H26N2O3. The number of piperidine rings is 1. The number of ether oxygens (including phenoxy) is 1. The Kier molecular flexibility index (Phi) is 4.40. The van der Waals surface area contributed by atoms with Gasteiger partial charge in [0.05, 0.1) is 5.92 Å². The molecule has 2 heterocycles. The minimum Gasteiger partial charge on any atom is -0.490 e. The monoisotopic (exact) mass is 342 g/mol. The zero-order valence-corrected chi connectivity index (χ0v) is 14.8. The van der Waals surface area contributed by atoms with Gasteiger partial charge in [0.2, 0.25) is 11.8 Å². The zero-order chi connectivity index (χ0) is 17.4. The van der Waals surface area contributed by atoms with Crippen LogP contribution in [0.3, 0.4) is 0 Å². The molecule has 0 radical (unpaired) electrons. The lowest BCUT2D eigenvalue weighted by molar-refractivity contribution is -0.137. The Morgan fingerprint density at radius 2 is 1.84 bits per heavy atom. The molecule has 3 aliphatic rings. The van der Waals surface area contributed by atoms with Gasteiger partial charge in [-0.15, -0.1) is 0 Å². The number of para-hydroxylation sites is 1. The maximum Gasteiger partial charge on any atom is 0.227 e. The van der Waals surface area contributed by atoms with Gasteiger partial charge in [0.15, 0.2) is 0 Å². The molecule has 0 unspecified atom stereocenters. The van der Waals surface area contributed by atoms with Crippen molar-refractivity contribution in [3.8, 4) is 5.75 Å². The van der Waals surface area contributed by atoms with Crippen LogP contribution in [0.15, 0.2) is 24.3 Å². The largest absolute Gasteiger partial charge is 0.490 e. The molecule has 1 aromatic carbocycles. The summed E-state index contributed by atoms with van der Waals surface area (Å²) in [6, 6.07) is 8.47. The summed E-state index contributed by atoms with van der Waals surface area (Å²) in [6.45, 7) is 4.13. The van der Waals surface area contributed by atoms with Crippen molar-refractivity contribution in [3.05, 3.63) is 29.8 Å². The minimum atomic E-state index is -0.137. The molecule has 2 saturated heterocycles. The lowest BCUT2D eigenvalue weighted by Crippen LogP contribution is -2.45. The van der Waals surface area contributed by atoms with E-state index in [0.717, 1.165) is 50.1 Å². The minimum absolute atomic E-state index is 0.137. The van der Waals surface area contributed by atoms with E-state index >= 15 is 0 Å². The SMILES string of the molecule is Cc1ccccc1OC1CCN(C(=O)[C@H]2CC(=O)N(C3CC3)C2)CC1. The van der Waals surface area contributed by atoms with Gasteiger partial charge in [0.25, 0.3) is 0 Å². The molecule has 1 aliphatic carbocycles. The third-order valence-corrected chi connectivity index (χ3v) is 5.64. The highest BCUT2D eigenvalue weighted by atomic mass is 16.5. The molecule has 2 aliphatic heterocycles. The highest BCUT2D eigenvalue weighted by molar-refractivity contribution is 5.89. The molecule has 1 aromatic rings. The number of hydrogen-bond donors (Lipinski definition) is 0. The van der Waals surface area contributed by atoms with Crippen LogP contribution < -0.4 is 4.74 Å². The Bertz CT molecular complexity index is 663. The first-order valence-electron chi connectivity index (χ1n) is 9.42. The zero-order valence-electron chi connectivity index (χ0n) is 14.8. The van der Waals surface area contributed by atoms with Gasteiger partial charge in [-0.2, -0.15) is 0 Å². The van der Waals surface area contributed by atoms with E-state index in [4.69, 9.17) is 4.74 Å². The van der Waals surface area contributed by atoms with Crippen LogP contribution in [0.2, 0.25) is 0 Å². The van der Waals surface area contributed by atoms with Crippen molar-refractivity contribution in [2.24, 2.45) is 5.92 Å². The molecule has 5 heteroatoms. The Labute approximate surface area is 148 Å². The summed E-state index contributed by atoms with van der Waals surface area (Å²) in [7, 11) is 0. The van der Waals surface area contributed by atoms with E-state index in [1.807, 2.05) is 28.0 Å². The number of nitrogens with zero attached hydrogens (tertiary/aromatic N) is 2. The Hall–Kier alpha value is -2.04. The Balaban J connectivity index is 1.29. The molecule has 1 atom stereocenters. The summed E-state index contributed by atoms with van der Waals surface area (Å²) in [5, 5.41) is 0. The van der Waals surface area contributed by atoms with Crippen LogP contribution in [0.5, 0.6) is 5.75 Å². The fourth-order valence-corrected chi connectivity index (χ4v) is 3.96. The molecular weight excluding hydrogens is 316 g/mol. The lowest BCUT2D eigenvalue weighted by Gasteiger charge is -2.33. The second-order valence-corrected chi connectivity index (χ2v) is 7.59. The highest BCUT2D eigenvalue weighted by Gasteiger charge is 2.43. The van der Waals surface area contributed by atoms with Crippen molar-refractivity contribution in [1.82, 2.24) is 9.80 Å². The summed E-state index contributed by atoms with van der Waals surface area (Å²) in [4.78, 5) is 28.7. The summed E-state index contributed by atoms with van der Waals surface area (Å²) >= 11 is 0. The molecule has 0 bridgehead atoms. The number of likely N-dealkylation sites (tertiary alicyclic amines) is 2. The van der Waals surface area contributed by atoms with Crippen LogP contribution >= 0.6 is 0 Å². The molecule has 0 N–H and O–H groups in total. The summed E-state index contributed by atoms with van der Waals surface area (Å²) in [6.07, 6.45) is 4.48. The van der Waals surface area contributed by atoms with E-state index in [2.05, 4.69) is 13.0 Å². The van der Waals surface area contributed by atoms with E-state index in [-0.39, 0.29) is 23.8 Å². The van der Waals surface area contributed by atoms with Gasteiger partial charge in [0, 0.05) is 44.9 Å².